The minimum atomic E-state index is -1.09. The van der Waals surface area contributed by atoms with Crippen molar-refractivity contribution < 1.29 is 0 Å². The molecule has 0 radical (unpaired) electrons. The summed E-state index contributed by atoms with van der Waals surface area (Å²) in [4.78, 5) is 0. The molecule has 0 bridgehead atoms. The van der Waals surface area contributed by atoms with Crippen molar-refractivity contribution in [3.05, 3.63) is 39.0 Å². The second-order valence-corrected chi connectivity index (χ2v) is 11.0. The molecule has 0 spiro atoms. The lowest BCUT2D eigenvalue weighted by molar-refractivity contribution is 1.25. The minimum absolute atomic E-state index is 1.09. The molecule has 74 valence electrons. The number of rotatable bonds is 1. The first-order valence-electron chi connectivity index (χ1n) is 4.96. The molecule has 1 aromatic rings. The maximum absolute atomic E-state index is 3.52. The molecular weight excluding hydrogens is 252 g/mol. The molecule has 0 N–H and O–H groups in total. The molecule has 2 rings (SSSR count). The summed E-state index contributed by atoms with van der Waals surface area (Å²) in [6, 6.07) is 6.59. The van der Waals surface area contributed by atoms with Gasteiger partial charge in [0.15, 0.2) is 0 Å². The molecule has 0 saturated carbocycles. The normalized spacial score (nSPS) is 15.3. The fourth-order valence-electron chi connectivity index (χ4n) is 1.79. The van der Waals surface area contributed by atoms with E-state index < -0.39 is 8.07 Å². The molecular formula is C12H15BrSi. The predicted molar refractivity (Wildman–Crippen MR) is 69.2 cm³/mol. The van der Waals surface area contributed by atoms with Crippen molar-refractivity contribution in [3.8, 4) is 0 Å². The van der Waals surface area contributed by atoms with Gasteiger partial charge < -0.3 is 0 Å². The summed E-state index contributed by atoms with van der Waals surface area (Å²) >= 11 is 3.52. The van der Waals surface area contributed by atoms with E-state index in [4.69, 9.17) is 0 Å². The Morgan fingerprint density at radius 3 is 2.57 bits per heavy atom. The van der Waals surface area contributed by atoms with Crippen LogP contribution in [0.2, 0.25) is 19.6 Å². The minimum Gasteiger partial charge on any atom is -0.0761 e. The average molecular weight is 267 g/mol. The van der Waals surface area contributed by atoms with Crippen molar-refractivity contribution >= 4 is 30.1 Å². The van der Waals surface area contributed by atoms with E-state index in [0.717, 1.165) is 0 Å². The largest absolute Gasteiger partial charge is 0.0761 e. The second-order valence-electron chi connectivity index (χ2n) is 4.94. The quantitative estimate of drug-likeness (QED) is 0.667. The Kier molecular flexibility index (Phi) is 2.44. The number of benzene rings is 1. The number of fused-ring (bicyclic) bond motifs is 1. The standard InChI is InChI=1S/C12H15BrSi/c1-14(2,3)12-7-9-4-5-11(13)6-10(9)8-12/h4-7H,8H2,1-3H3. The molecule has 0 fully saturated rings. The van der Waals surface area contributed by atoms with Gasteiger partial charge in [-0.2, -0.15) is 0 Å². The van der Waals surface area contributed by atoms with Crippen molar-refractivity contribution in [2.45, 2.75) is 26.1 Å². The lowest BCUT2D eigenvalue weighted by atomic mass is 10.1. The van der Waals surface area contributed by atoms with Crippen LogP contribution in [0.25, 0.3) is 6.08 Å². The van der Waals surface area contributed by atoms with Gasteiger partial charge in [0.1, 0.15) is 0 Å². The number of allylic oxidation sites excluding steroid dienone is 1. The molecule has 0 amide bonds. The number of halogens is 1. The van der Waals surface area contributed by atoms with Crippen LogP contribution in [0.5, 0.6) is 0 Å². The Morgan fingerprint density at radius 1 is 1.21 bits per heavy atom. The van der Waals surface area contributed by atoms with Gasteiger partial charge in [0, 0.05) is 4.47 Å². The molecule has 0 unspecified atom stereocenters. The van der Waals surface area contributed by atoms with Gasteiger partial charge in [0.2, 0.25) is 0 Å². The Hall–Kier alpha value is -0.343. The highest BCUT2D eigenvalue weighted by molar-refractivity contribution is 9.10. The fraction of sp³-hybridized carbons (Fsp3) is 0.333. The summed E-state index contributed by atoms with van der Waals surface area (Å²) in [6.45, 7) is 7.25. The van der Waals surface area contributed by atoms with Crippen LogP contribution in [-0.4, -0.2) is 8.07 Å². The molecule has 14 heavy (non-hydrogen) atoms. The number of hydrogen-bond donors (Lipinski definition) is 0. The molecule has 1 aliphatic carbocycles. The van der Waals surface area contributed by atoms with Gasteiger partial charge in [-0.05, 0) is 29.7 Å². The van der Waals surface area contributed by atoms with Gasteiger partial charge >= 0.3 is 0 Å². The summed E-state index contributed by atoms with van der Waals surface area (Å²) in [5.74, 6) is 0. The van der Waals surface area contributed by atoms with E-state index in [9.17, 15) is 0 Å². The van der Waals surface area contributed by atoms with E-state index >= 15 is 0 Å². The third-order valence-electron chi connectivity index (χ3n) is 2.78. The van der Waals surface area contributed by atoms with E-state index in [2.05, 4.69) is 59.8 Å². The summed E-state index contributed by atoms with van der Waals surface area (Å²) in [5.41, 5.74) is 2.91. The summed E-state index contributed by atoms with van der Waals surface area (Å²) in [5, 5.41) is 1.67. The van der Waals surface area contributed by atoms with Gasteiger partial charge in [-0.1, -0.05) is 52.9 Å². The predicted octanol–water partition coefficient (Wildman–Crippen LogP) is 4.27. The molecule has 0 saturated heterocycles. The van der Waals surface area contributed by atoms with E-state index in [1.165, 1.54) is 22.0 Å². The zero-order chi connectivity index (χ0) is 10.3. The Bertz CT molecular complexity index is 399. The summed E-state index contributed by atoms with van der Waals surface area (Å²) in [7, 11) is -1.09. The van der Waals surface area contributed by atoms with Gasteiger partial charge in [-0.3, -0.25) is 0 Å². The van der Waals surface area contributed by atoms with Gasteiger partial charge in [-0.15, -0.1) is 0 Å². The highest BCUT2D eigenvalue weighted by atomic mass is 79.9. The van der Waals surface area contributed by atoms with Gasteiger partial charge in [0.25, 0.3) is 0 Å². The lowest BCUT2D eigenvalue weighted by Gasteiger charge is -2.17. The lowest BCUT2D eigenvalue weighted by Crippen LogP contribution is -2.23. The van der Waals surface area contributed by atoms with Gasteiger partial charge in [0.05, 0.1) is 8.07 Å². The summed E-state index contributed by atoms with van der Waals surface area (Å²) in [6.07, 6.45) is 3.57. The molecule has 0 aliphatic heterocycles. The van der Waals surface area contributed by atoms with Crippen LogP contribution in [0.15, 0.2) is 27.9 Å². The first-order chi connectivity index (χ1) is 6.47. The van der Waals surface area contributed by atoms with E-state index in [1.807, 2.05) is 0 Å². The molecule has 0 nitrogen and oxygen atoms in total. The van der Waals surface area contributed by atoms with E-state index in [0.29, 0.717) is 0 Å². The Balaban J connectivity index is 2.37. The van der Waals surface area contributed by atoms with E-state index in [-0.39, 0.29) is 0 Å². The first kappa shape index (κ1) is 10.2. The molecule has 1 aromatic carbocycles. The van der Waals surface area contributed by atoms with Crippen molar-refractivity contribution in [1.29, 1.82) is 0 Å². The van der Waals surface area contributed by atoms with Crippen LogP contribution in [-0.2, 0) is 6.42 Å². The third kappa shape index (κ3) is 1.86. The van der Waals surface area contributed by atoms with Crippen LogP contribution >= 0.6 is 15.9 Å². The van der Waals surface area contributed by atoms with Crippen LogP contribution in [0.1, 0.15) is 11.1 Å². The Labute approximate surface area is 95.2 Å². The van der Waals surface area contributed by atoms with Crippen molar-refractivity contribution in [3.63, 3.8) is 0 Å². The first-order valence-corrected chi connectivity index (χ1v) is 9.25. The molecule has 2 heteroatoms. The smallest absolute Gasteiger partial charge is 0.0729 e. The van der Waals surface area contributed by atoms with Crippen molar-refractivity contribution in [2.24, 2.45) is 0 Å². The topological polar surface area (TPSA) is 0 Å². The second kappa shape index (κ2) is 3.35. The van der Waals surface area contributed by atoms with Crippen LogP contribution in [0, 0.1) is 0 Å². The molecule has 0 heterocycles. The SMILES string of the molecule is C[Si](C)(C)C1=Cc2ccc(Br)cc2C1. The zero-order valence-electron chi connectivity index (χ0n) is 8.89. The average Bonchev–Trinajstić information content (AvgIpc) is 2.45. The van der Waals surface area contributed by atoms with Crippen LogP contribution < -0.4 is 0 Å². The maximum atomic E-state index is 3.52. The third-order valence-corrected chi connectivity index (χ3v) is 5.52. The molecule has 0 aromatic heterocycles. The van der Waals surface area contributed by atoms with Crippen molar-refractivity contribution in [1.82, 2.24) is 0 Å². The number of hydrogen-bond acceptors (Lipinski definition) is 0. The van der Waals surface area contributed by atoms with Crippen LogP contribution in [0.4, 0.5) is 0 Å². The summed E-state index contributed by atoms with van der Waals surface area (Å²) < 4.78 is 1.20. The molecule has 0 atom stereocenters. The van der Waals surface area contributed by atoms with Crippen molar-refractivity contribution in [2.75, 3.05) is 0 Å². The molecule has 1 aliphatic rings. The van der Waals surface area contributed by atoms with Gasteiger partial charge in [-0.25, -0.2) is 0 Å². The fourth-order valence-corrected chi connectivity index (χ4v) is 3.51. The monoisotopic (exact) mass is 266 g/mol. The van der Waals surface area contributed by atoms with Crippen LogP contribution in [0.3, 0.4) is 0 Å². The Morgan fingerprint density at radius 2 is 1.93 bits per heavy atom. The highest BCUT2D eigenvalue weighted by Gasteiger charge is 2.24. The highest BCUT2D eigenvalue weighted by Crippen LogP contribution is 2.32. The van der Waals surface area contributed by atoms with E-state index in [1.54, 1.807) is 5.20 Å². The maximum Gasteiger partial charge on any atom is 0.0729 e. The zero-order valence-corrected chi connectivity index (χ0v) is 11.5.